The molecule has 0 saturated carbocycles. The number of ether oxygens (including phenoxy) is 2. The smallest absolute Gasteiger partial charge is 0.161 e. The SMILES string of the molecule is C=C/C=C(\C=C)COc1cc(C)ccc1OC. The van der Waals surface area contributed by atoms with Gasteiger partial charge in [0.05, 0.1) is 7.11 Å². The van der Waals surface area contributed by atoms with Crippen molar-refractivity contribution in [1.82, 2.24) is 0 Å². The number of hydrogen-bond acceptors (Lipinski definition) is 2. The number of allylic oxidation sites excluding steroid dienone is 2. The predicted molar refractivity (Wildman–Crippen MR) is 71.7 cm³/mol. The largest absolute Gasteiger partial charge is 0.493 e. The van der Waals surface area contributed by atoms with Crippen molar-refractivity contribution in [2.45, 2.75) is 6.92 Å². The van der Waals surface area contributed by atoms with E-state index in [1.54, 1.807) is 19.3 Å². The average Bonchev–Trinajstić information content (AvgIpc) is 2.34. The molecule has 0 bridgehead atoms. The van der Waals surface area contributed by atoms with Crippen LogP contribution < -0.4 is 9.47 Å². The van der Waals surface area contributed by atoms with Gasteiger partial charge in [-0.25, -0.2) is 0 Å². The lowest BCUT2D eigenvalue weighted by Crippen LogP contribution is -2.01. The summed E-state index contributed by atoms with van der Waals surface area (Å²) in [4.78, 5) is 0. The zero-order valence-corrected chi connectivity index (χ0v) is 10.4. The van der Waals surface area contributed by atoms with Gasteiger partial charge in [-0.2, -0.15) is 0 Å². The number of methoxy groups -OCH3 is 1. The molecule has 0 saturated heterocycles. The number of hydrogen-bond donors (Lipinski definition) is 0. The molecule has 17 heavy (non-hydrogen) atoms. The molecular formula is C15H18O2. The van der Waals surface area contributed by atoms with Crippen molar-refractivity contribution in [2.24, 2.45) is 0 Å². The van der Waals surface area contributed by atoms with Gasteiger partial charge in [-0.05, 0) is 30.2 Å². The van der Waals surface area contributed by atoms with Gasteiger partial charge < -0.3 is 9.47 Å². The van der Waals surface area contributed by atoms with Crippen LogP contribution in [0.5, 0.6) is 11.5 Å². The standard InChI is InChI=1S/C15H18O2/c1-5-7-13(6-2)11-17-15-10-12(3)8-9-14(15)16-4/h5-10H,1-2,11H2,3-4H3/b13-7+. The maximum absolute atomic E-state index is 5.70. The van der Waals surface area contributed by atoms with Crippen LogP contribution in [0.3, 0.4) is 0 Å². The molecular weight excluding hydrogens is 212 g/mol. The summed E-state index contributed by atoms with van der Waals surface area (Å²) < 4.78 is 10.9. The van der Waals surface area contributed by atoms with Crippen molar-refractivity contribution >= 4 is 0 Å². The first kappa shape index (κ1) is 13.1. The molecule has 0 aromatic heterocycles. The Morgan fingerprint density at radius 2 is 2.06 bits per heavy atom. The Morgan fingerprint density at radius 1 is 1.29 bits per heavy atom. The van der Waals surface area contributed by atoms with Gasteiger partial charge in [-0.15, -0.1) is 0 Å². The number of rotatable bonds is 6. The van der Waals surface area contributed by atoms with Gasteiger partial charge in [0.1, 0.15) is 6.61 Å². The number of aryl methyl sites for hydroxylation is 1. The molecule has 2 nitrogen and oxygen atoms in total. The van der Waals surface area contributed by atoms with Gasteiger partial charge in [0, 0.05) is 0 Å². The van der Waals surface area contributed by atoms with Gasteiger partial charge >= 0.3 is 0 Å². The van der Waals surface area contributed by atoms with Crippen LogP contribution in [0.4, 0.5) is 0 Å². The van der Waals surface area contributed by atoms with Crippen molar-refractivity contribution in [3.8, 4) is 11.5 Å². The summed E-state index contributed by atoms with van der Waals surface area (Å²) in [6, 6.07) is 5.84. The Balaban J connectivity index is 2.80. The van der Waals surface area contributed by atoms with E-state index >= 15 is 0 Å². The fourth-order valence-corrected chi connectivity index (χ4v) is 1.38. The summed E-state index contributed by atoms with van der Waals surface area (Å²) in [6.07, 6.45) is 5.34. The van der Waals surface area contributed by atoms with Gasteiger partial charge in [-0.1, -0.05) is 37.5 Å². The van der Waals surface area contributed by atoms with E-state index in [1.165, 1.54) is 0 Å². The quantitative estimate of drug-likeness (QED) is 0.694. The minimum atomic E-state index is 0.454. The van der Waals surface area contributed by atoms with Gasteiger partial charge in [0.2, 0.25) is 0 Å². The molecule has 1 aromatic rings. The van der Waals surface area contributed by atoms with Crippen LogP contribution in [0.1, 0.15) is 5.56 Å². The van der Waals surface area contributed by atoms with Crippen molar-refractivity contribution in [1.29, 1.82) is 0 Å². The Labute approximate surface area is 103 Å². The molecule has 0 radical (unpaired) electrons. The van der Waals surface area contributed by atoms with Crippen molar-refractivity contribution in [2.75, 3.05) is 13.7 Å². The Hall–Kier alpha value is -1.96. The second-order valence-electron chi connectivity index (χ2n) is 3.62. The van der Waals surface area contributed by atoms with E-state index in [0.717, 1.165) is 22.6 Å². The highest BCUT2D eigenvalue weighted by Gasteiger charge is 2.04. The molecule has 0 atom stereocenters. The second kappa shape index (κ2) is 6.59. The van der Waals surface area contributed by atoms with E-state index in [4.69, 9.17) is 9.47 Å². The lowest BCUT2D eigenvalue weighted by atomic mass is 10.2. The minimum Gasteiger partial charge on any atom is -0.493 e. The Kier molecular flexibility index (Phi) is 5.08. The van der Waals surface area contributed by atoms with Crippen LogP contribution in [-0.2, 0) is 0 Å². The summed E-state index contributed by atoms with van der Waals surface area (Å²) in [5.41, 5.74) is 2.11. The third kappa shape index (κ3) is 3.83. The first-order valence-electron chi connectivity index (χ1n) is 5.42. The molecule has 90 valence electrons. The summed E-state index contributed by atoms with van der Waals surface area (Å²) in [6.45, 7) is 9.84. The fourth-order valence-electron chi connectivity index (χ4n) is 1.38. The molecule has 1 rings (SSSR count). The van der Waals surface area contributed by atoms with Crippen LogP contribution in [0.25, 0.3) is 0 Å². The lowest BCUT2D eigenvalue weighted by Gasteiger charge is -2.11. The highest BCUT2D eigenvalue weighted by atomic mass is 16.5. The number of benzene rings is 1. The maximum Gasteiger partial charge on any atom is 0.161 e. The molecule has 0 amide bonds. The molecule has 0 aliphatic rings. The molecule has 0 aliphatic carbocycles. The highest BCUT2D eigenvalue weighted by Crippen LogP contribution is 2.28. The van der Waals surface area contributed by atoms with Gasteiger partial charge in [-0.3, -0.25) is 0 Å². The molecule has 0 N–H and O–H groups in total. The second-order valence-corrected chi connectivity index (χ2v) is 3.62. The molecule has 0 fully saturated rings. The van der Waals surface area contributed by atoms with Gasteiger partial charge in [0.15, 0.2) is 11.5 Å². The average molecular weight is 230 g/mol. The summed E-state index contributed by atoms with van der Waals surface area (Å²) in [7, 11) is 1.63. The fraction of sp³-hybridized carbons (Fsp3) is 0.200. The van der Waals surface area contributed by atoms with E-state index < -0.39 is 0 Å². The summed E-state index contributed by atoms with van der Waals surface area (Å²) in [5.74, 6) is 1.47. The summed E-state index contributed by atoms with van der Waals surface area (Å²) in [5, 5.41) is 0. The van der Waals surface area contributed by atoms with Crippen LogP contribution in [0.2, 0.25) is 0 Å². The summed E-state index contributed by atoms with van der Waals surface area (Å²) >= 11 is 0. The Morgan fingerprint density at radius 3 is 2.65 bits per heavy atom. The zero-order valence-electron chi connectivity index (χ0n) is 10.4. The van der Waals surface area contributed by atoms with E-state index in [1.807, 2.05) is 31.2 Å². The monoisotopic (exact) mass is 230 g/mol. The molecule has 1 aromatic carbocycles. The molecule has 0 aliphatic heterocycles. The first-order chi connectivity index (χ1) is 8.21. The first-order valence-corrected chi connectivity index (χ1v) is 5.42. The van der Waals surface area contributed by atoms with Crippen LogP contribution in [-0.4, -0.2) is 13.7 Å². The maximum atomic E-state index is 5.70. The van der Waals surface area contributed by atoms with Crippen LogP contribution >= 0.6 is 0 Å². The van der Waals surface area contributed by atoms with Crippen LogP contribution in [0, 0.1) is 6.92 Å². The van der Waals surface area contributed by atoms with Crippen LogP contribution in [0.15, 0.2) is 55.2 Å². The normalized spacial score (nSPS) is 10.8. The van der Waals surface area contributed by atoms with E-state index in [0.29, 0.717) is 6.61 Å². The molecule has 0 heterocycles. The van der Waals surface area contributed by atoms with E-state index in [9.17, 15) is 0 Å². The van der Waals surface area contributed by atoms with Gasteiger partial charge in [0.25, 0.3) is 0 Å². The Bertz CT molecular complexity index is 431. The molecule has 0 spiro atoms. The third-order valence-electron chi connectivity index (χ3n) is 2.31. The predicted octanol–water partition coefficient (Wildman–Crippen LogP) is 3.68. The van der Waals surface area contributed by atoms with E-state index in [2.05, 4.69) is 13.2 Å². The van der Waals surface area contributed by atoms with Crippen molar-refractivity contribution in [3.63, 3.8) is 0 Å². The third-order valence-corrected chi connectivity index (χ3v) is 2.31. The molecule has 0 unspecified atom stereocenters. The van der Waals surface area contributed by atoms with E-state index in [-0.39, 0.29) is 0 Å². The topological polar surface area (TPSA) is 18.5 Å². The molecule has 2 heteroatoms. The van der Waals surface area contributed by atoms with Crippen molar-refractivity contribution < 1.29 is 9.47 Å². The van der Waals surface area contributed by atoms with Crippen molar-refractivity contribution in [3.05, 3.63) is 60.7 Å². The highest BCUT2D eigenvalue weighted by molar-refractivity contribution is 5.43. The lowest BCUT2D eigenvalue weighted by molar-refractivity contribution is 0.321. The minimum absolute atomic E-state index is 0.454. The zero-order chi connectivity index (χ0) is 12.7.